The van der Waals surface area contributed by atoms with Crippen LogP contribution in [0.5, 0.6) is 0 Å². The summed E-state index contributed by atoms with van der Waals surface area (Å²) in [6.45, 7) is 4.21. The van der Waals surface area contributed by atoms with Crippen molar-refractivity contribution in [2.24, 2.45) is 0 Å². The first-order valence-electron chi connectivity index (χ1n) is 5.31. The van der Waals surface area contributed by atoms with Crippen LogP contribution in [0.2, 0.25) is 5.02 Å². The molecule has 0 fully saturated rings. The van der Waals surface area contributed by atoms with E-state index < -0.39 is 0 Å². The zero-order valence-electron chi connectivity index (χ0n) is 9.63. The normalized spacial score (nSPS) is 14.5. The Labute approximate surface area is 101 Å². The van der Waals surface area contributed by atoms with Crippen molar-refractivity contribution < 1.29 is 5.11 Å². The van der Waals surface area contributed by atoms with E-state index in [4.69, 9.17) is 22.4 Å². The minimum Gasteiger partial charge on any atom is -0.396 e. The maximum atomic E-state index is 9.01. The molecule has 0 aromatic carbocycles. The molecule has 0 bridgehead atoms. The highest BCUT2D eigenvalue weighted by Crippen LogP contribution is 2.25. The van der Waals surface area contributed by atoms with Crippen LogP contribution in [0.4, 0.5) is 11.5 Å². The van der Waals surface area contributed by atoms with E-state index in [0.29, 0.717) is 22.9 Å². The molecule has 1 rings (SSSR count). The number of rotatable bonds is 5. The number of nitrogen functional groups attached to an aromatic ring is 1. The largest absolute Gasteiger partial charge is 0.396 e. The van der Waals surface area contributed by atoms with E-state index in [2.05, 4.69) is 17.2 Å². The van der Waals surface area contributed by atoms with Gasteiger partial charge in [-0.25, -0.2) is 4.98 Å². The van der Waals surface area contributed by atoms with Crippen molar-refractivity contribution in [3.63, 3.8) is 0 Å². The van der Waals surface area contributed by atoms with Gasteiger partial charge in [0.2, 0.25) is 0 Å². The molecule has 4 nitrogen and oxygen atoms in total. The molecule has 1 aromatic heterocycles. The summed E-state index contributed by atoms with van der Waals surface area (Å²) < 4.78 is 0. The third-order valence-electron chi connectivity index (χ3n) is 2.75. The summed E-state index contributed by atoms with van der Waals surface area (Å²) in [6, 6.07) is 1.66. The molecule has 1 aromatic rings. The Hall–Kier alpha value is -1.00. The molecule has 1 atom stereocenters. The molecule has 5 heteroatoms. The number of nitrogens with two attached hydrogens (primary N) is 1. The zero-order valence-corrected chi connectivity index (χ0v) is 10.4. The summed E-state index contributed by atoms with van der Waals surface area (Å²) in [5.41, 5.74) is 6.12. The highest BCUT2D eigenvalue weighted by Gasteiger charge is 2.22. The molecule has 4 N–H and O–H groups in total. The Morgan fingerprint density at radius 1 is 1.62 bits per heavy atom. The third-order valence-corrected chi connectivity index (χ3v) is 2.95. The zero-order chi connectivity index (χ0) is 12.2. The van der Waals surface area contributed by atoms with Gasteiger partial charge >= 0.3 is 0 Å². The molecule has 0 saturated carbocycles. The number of aromatic nitrogens is 1. The Bertz CT molecular complexity index is 359. The molecular formula is C11H18ClN3O. The minimum atomic E-state index is -0.205. The number of aliphatic hydroxyl groups excluding tert-OH is 1. The van der Waals surface area contributed by atoms with Crippen molar-refractivity contribution in [2.75, 3.05) is 17.7 Å². The standard InChI is InChI=1S/C11H18ClN3O/c1-3-11(2,4-5-16)15-10-9(13)6-8(12)7-14-10/h6-7,16H,3-5,13H2,1-2H3,(H,14,15). The average Bonchev–Trinajstić information content (AvgIpc) is 2.23. The minimum absolute atomic E-state index is 0.130. The molecule has 0 aliphatic heterocycles. The van der Waals surface area contributed by atoms with Crippen molar-refractivity contribution >= 4 is 23.1 Å². The summed E-state index contributed by atoms with van der Waals surface area (Å²) >= 11 is 5.77. The highest BCUT2D eigenvalue weighted by molar-refractivity contribution is 6.30. The Balaban J connectivity index is 2.85. The van der Waals surface area contributed by atoms with E-state index in [-0.39, 0.29) is 12.1 Å². The lowest BCUT2D eigenvalue weighted by Crippen LogP contribution is -2.35. The van der Waals surface area contributed by atoms with Crippen LogP contribution in [0, 0.1) is 0 Å². The van der Waals surface area contributed by atoms with Gasteiger partial charge in [0.15, 0.2) is 0 Å². The van der Waals surface area contributed by atoms with Crippen molar-refractivity contribution in [1.82, 2.24) is 4.98 Å². The fraction of sp³-hybridized carbons (Fsp3) is 0.545. The van der Waals surface area contributed by atoms with E-state index >= 15 is 0 Å². The van der Waals surface area contributed by atoms with Crippen LogP contribution in [0.3, 0.4) is 0 Å². The lowest BCUT2D eigenvalue weighted by molar-refractivity contribution is 0.252. The summed E-state index contributed by atoms with van der Waals surface area (Å²) in [5, 5.41) is 12.8. The van der Waals surface area contributed by atoms with Crippen LogP contribution in [0.1, 0.15) is 26.7 Å². The SMILES string of the molecule is CCC(C)(CCO)Nc1ncc(Cl)cc1N. The van der Waals surface area contributed by atoms with Gasteiger partial charge in [0, 0.05) is 18.3 Å². The number of halogens is 1. The number of aliphatic hydroxyl groups is 1. The molecule has 90 valence electrons. The first-order chi connectivity index (χ1) is 7.50. The quantitative estimate of drug-likeness (QED) is 0.742. The van der Waals surface area contributed by atoms with Crippen molar-refractivity contribution in [3.8, 4) is 0 Å². The second-order valence-electron chi connectivity index (χ2n) is 4.10. The van der Waals surface area contributed by atoms with Crippen molar-refractivity contribution in [1.29, 1.82) is 0 Å². The molecule has 0 radical (unpaired) electrons. The molecular weight excluding hydrogens is 226 g/mol. The maximum absolute atomic E-state index is 9.01. The van der Waals surface area contributed by atoms with Crippen molar-refractivity contribution in [3.05, 3.63) is 17.3 Å². The fourth-order valence-electron chi connectivity index (χ4n) is 1.42. The van der Waals surface area contributed by atoms with Crippen LogP contribution < -0.4 is 11.1 Å². The van der Waals surface area contributed by atoms with Gasteiger partial charge in [-0.15, -0.1) is 0 Å². The van der Waals surface area contributed by atoms with E-state index in [1.807, 2.05) is 6.92 Å². The van der Waals surface area contributed by atoms with Gasteiger partial charge in [-0.3, -0.25) is 0 Å². The van der Waals surface area contributed by atoms with E-state index in [9.17, 15) is 0 Å². The Morgan fingerprint density at radius 2 is 2.31 bits per heavy atom. The van der Waals surface area contributed by atoms with E-state index in [1.165, 1.54) is 0 Å². The average molecular weight is 244 g/mol. The predicted octanol–water partition coefficient (Wildman–Crippen LogP) is 2.28. The molecule has 1 heterocycles. The summed E-state index contributed by atoms with van der Waals surface area (Å²) in [6.07, 6.45) is 3.07. The van der Waals surface area contributed by atoms with Gasteiger partial charge < -0.3 is 16.2 Å². The number of anilines is 2. The van der Waals surface area contributed by atoms with E-state index in [1.54, 1.807) is 12.3 Å². The summed E-state index contributed by atoms with van der Waals surface area (Å²) in [5.74, 6) is 0.613. The van der Waals surface area contributed by atoms with Gasteiger partial charge in [0.25, 0.3) is 0 Å². The van der Waals surface area contributed by atoms with Crippen LogP contribution in [0.25, 0.3) is 0 Å². The lowest BCUT2D eigenvalue weighted by Gasteiger charge is -2.30. The van der Waals surface area contributed by atoms with Crippen LogP contribution in [-0.2, 0) is 0 Å². The van der Waals surface area contributed by atoms with Gasteiger partial charge in [0.05, 0.1) is 10.7 Å². The van der Waals surface area contributed by atoms with E-state index in [0.717, 1.165) is 6.42 Å². The molecule has 0 amide bonds. The summed E-state index contributed by atoms with van der Waals surface area (Å²) in [4.78, 5) is 4.14. The van der Waals surface area contributed by atoms with Gasteiger partial charge in [-0.05, 0) is 25.8 Å². The molecule has 0 saturated heterocycles. The lowest BCUT2D eigenvalue weighted by atomic mass is 9.95. The van der Waals surface area contributed by atoms with Gasteiger partial charge in [-0.2, -0.15) is 0 Å². The smallest absolute Gasteiger partial charge is 0.149 e. The van der Waals surface area contributed by atoms with Gasteiger partial charge in [-0.1, -0.05) is 18.5 Å². The van der Waals surface area contributed by atoms with Crippen molar-refractivity contribution in [2.45, 2.75) is 32.2 Å². The number of nitrogens with one attached hydrogen (secondary N) is 1. The third kappa shape index (κ3) is 3.25. The first-order valence-corrected chi connectivity index (χ1v) is 5.68. The second kappa shape index (κ2) is 5.37. The van der Waals surface area contributed by atoms with Crippen LogP contribution in [-0.4, -0.2) is 22.2 Å². The predicted molar refractivity (Wildman–Crippen MR) is 67.7 cm³/mol. The first kappa shape index (κ1) is 13.1. The topological polar surface area (TPSA) is 71.2 Å². The van der Waals surface area contributed by atoms with Gasteiger partial charge in [0.1, 0.15) is 5.82 Å². The Morgan fingerprint density at radius 3 is 2.81 bits per heavy atom. The molecule has 16 heavy (non-hydrogen) atoms. The number of pyridine rings is 1. The fourth-order valence-corrected chi connectivity index (χ4v) is 1.59. The number of hydrogen-bond donors (Lipinski definition) is 3. The number of nitrogens with zero attached hydrogens (tertiary/aromatic N) is 1. The monoisotopic (exact) mass is 243 g/mol. The molecule has 0 spiro atoms. The number of hydrogen-bond acceptors (Lipinski definition) is 4. The molecule has 0 aliphatic carbocycles. The molecule has 0 aliphatic rings. The summed E-state index contributed by atoms with van der Waals surface area (Å²) in [7, 11) is 0. The van der Waals surface area contributed by atoms with Crippen LogP contribution in [0.15, 0.2) is 12.3 Å². The highest BCUT2D eigenvalue weighted by atomic mass is 35.5. The van der Waals surface area contributed by atoms with Crippen LogP contribution >= 0.6 is 11.6 Å². The maximum Gasteiger partial charge on any atom is 0.149 e. The Kier molecular flexibility index (Phi) is 4.38. The molecule has 1 unspecified atom stereocenters. The second-order valence-corrected chi connectivity index (χ2v) is 4.54.